The first-order chi connectivity index (χ1) is 14.3. The van der Waals surface area contributed by atoms with Gasteiger partial charge in [-0.05, 0) is 43.6 Å². The molecule has 158 valence electrons. The molecule has 8 nitrogen and oxygen atoms in total. The average Bonchev–Trinajstić information content (AvgIpc) is 3.38. The van der Waals surface area contributed by atoms with Gasteiger partial charge in [-0.1, -0.05) is 12.1 Å². The third kappa shape index (κ3) is 4.17. The van der Waals surface area contributed by atoms with Crippen molar-refractivity contribution in [3.05, 3.63) is 53.2 Å². The Hall–Kier alpha value is -2.53. The first kappa shape index (κ1) is 20.7. The molecule has 1 N–H and O–H groups in total. The summed E-state index contributed by atoms with van der Waals surface area (Å²) in [4.78, 5) is 20.1. The smallest absolute Gasteiger partial charge is 0.277 e. The Balaban J connectivity index is 1.53. The molecule has 2 aromatic heterocycles. The van der Waals surface area contributed by atoms with Crippen LogP contribution in [0.3, 0.4) is 0 Å². The number of oxazole rings is 1. The Kier molecular flexibility index (Phi) is 5.74. The summed E-state index contributed by atoms with van der Waals surface area (Å²) in [5.74, 6) is 0.337. The Labute approximate surface area is 179 Å². The van der Waals surface area contributed by atoms with Gasteiger partial charge in [0.05, 0.1) is 9.77 Å². The Morgan fingerprint density at radius 3 is 2.63 bits per heavy atom. The van der Waals surface area contributed by atoms with Crippen LogP contribution in [0.5, 0.6) is 0 Å². The minimum absolute atomic E-state index is 0.154. The number of sulfonamides is 1. The van der Waals surface area contributed by atoms with Crippen molar-refractivity contribution in [2.24, 2.45) is 0 Å². The van der Waals surface area contributed by atoms with Crippen molar-refractivity contribution in [2.45, 2.75) is 11.8 Å². The van der Waals surface area contributed by atoms with Gasteiger partial charge in [0, 0.05) is 31.9 Å². The largest absolute Gasteiger partial charge is 0.440 e. The van der Waals surface area contributed by atoms with Crippen LogP contribution in [0, 0.1) is 6.92 Å². The first-order valence-corrected chi connectivity index (χ1v) is 11.8. The van der Waals surface area contributed by atoms with E-state index in [1.807, 2.05) is 24.6 Å². The second-order valence-electron chi connectivity index (χ2n) is 7.09. The number of hydrogen-bond donors (Lipinski definition) is 1. The number of hydrogen-bond acceptors (Lipinski definition) is 7. The second kappa shape index (κ2) is 8.31. The Bertz CT molecular complexity index is 1150. The zero-order valence-corrected chi connectivity index (χ0v) is 18.3. The predicted octanol–water partition coefficient (Wildman–Crippen LogP) is 2.90. The highest BCUT2D eigenvalue weighted by Crippen LogP contribution is 2.27. The molecule has 4 rings (SSSR count). The molecule has 3 heterocycles. The number of carbonyl (C=O) groups is 1. The summed E-state index contributed by atoms with van der Waals surface area (Å²) in [6.07, 6.45) is 0. The van der Waals surface area contributed by atoms with E-state index < -0.39 is 15.9 Å². The lowest BCUT2D eigenvalue weighted by atomic mass is 10.3. The minimum Gasteiger partial charge on any atom is -0.440 e. The van der Waals surface area contributed by atoms with Crippen LogP contribution in [-0.2, 0) is 10.0 Å². The molecule has 0 spiro atoms. The maximum Gasteiger partial charge on any atom is 0.277 e. The highest BCUT2D eigenvalue weighted by Gasteiger charge is 2.28. The minimum atomic E-state index is -3.62. The highest BCUT2D eigenvalue weighted by atomic mass is 32.2. The summed E-state index contributed by atoms with van der Waals surface area (Å²) in [5.41, 5.74) is 0.556. The van der Waals surface area contributed by atoms with Gasteiger partial charge in [0.2, 0.25) is 15.9 Å². The van der Waals surface area contributed by atoms with E-state index in [4.69, 9.17) is 4.42 Å². The van der Waals surface area contributed by atoms with Crippen molar-refractivity contribution < 1.29 is 17.6 Å². The zero-order valence-electron chi connectivity index (χ0n) is 16.7. The lowest BCUT2D eigenvalue weighted by Crippen LogP contribution is -2.47. The van der Waals surface area contributed by atoms with E-state index in [1.165, 1.54) is 21.7 Å². The molecule has 1 aliphatic rings. The van der Waals surface area contributed by atoms with E-state index in [9.17, 15) is 13.2 Å². The molecule has 0 radical (unpaired) electrons. The van der Waals surface area contributed by atoms with Crippen molar-refractivity contribution in [1.82, 2.24) is 14.2 Å². The van der Waals surface area contributed by atoms with Crippen LogP contribution in [0.25, 0.3) is 10.8 Å². The van der Waals surface area contributed by atoms with Gasteiger partial charge < -0.3 is 14.6 Å². The summed E-state index contributed by atoms with van der Waals surface area (Å²) in [6, 6.07) is 10.0. The molecular weight excluding hydrogens is 424 g/mol. The van der Waals surface area contributed by atoms with E-state index in [0.29, 0.717) is 43.5 Å². The zero-order chi connectivity index (χ0) is 21.3. The summed E-state index contributed by atoms with van der Waals surface area (Å²) in [7, 11) is -1.65. The lowest BCUT2D eigenvalue weighted by molar-refractivity contribution is 0.102. The second-order valence-corrected chi connectivity index (χ2v) is 9.98. The maximum absolute atomic E-state index is 13.0. The molecule has 0 atom stereocenters. The van der Waals surface area contributed by atoms with Gasteiger partial charge in [-0.2, -0.15) is 4.31 Å². The molecule has 1 saturated heterocycles. The number of likely N-dealkylation sites (N-methyl/N-ethyl adjacent to an activating group) is 1. The monoisotopic (exact) mass is 446 g/mol. The molecule has 0 unspecified atom stereocenters. The summed E-state index contributed by atoms with van der Waals surface area (Å²) < 4.78 is 33.0. The van der Waals surface area contributed by atoms with Gasteiger partial charge in [0.15, 0.2) is 5.69 Å². The number of amides is 1. The SMILES string of the molecule is Cc1oc(-c2cccs2)nc1C(=O)Nc1cccc(S(=O)(=O)N2CCN(C)CC2)c1. The molecule has 10 heteroatoms. The third-order valence-electron chi connectivity index (χ3n) is 4.94. The normalized spacial score (nSPS) is 15.9. The van der Waals surface area contributed by atoms with Crippen LogP contribution in [0.1, 0.15) is 16.2 Å². The van der Waals surface area contributed by atoms with Crippen LogP contribution in [0.4, 0.5) is 5.69 Å². The molecule has 0 saturated carbocycles. The number of carbonyl (C=O) groups excluding carboxylic acids is 1. The van der Waals surface area contributed by atoms with Crippen molar-refractivity contribution >= 4 is 33.0 Å². The number of aryl methyl sites for hydroxylation is 1. The lowest BCUT2D eigenvalue weighted by Gasteiger charge is -2.31. The standard InChI is InChI=1S/C20H22N4O4S2/c1-14-18(22-20(28-14)17-7-4-12-29-17)19(25)21-15-5-3-6-16(13-15)30(26,27)24-10-8-23(2)9-11-24/h3-7,12-13H,8-11H2,1-2H3,(H,21,25). The molecule has 1 fully saturated rings. The van der Waals surface area contributed by atoms with Crippen molar-refractivity contribution in [3.63, 3.8) is 0 Å². The summed E-state index contributed by atoms with van der Waals surface area (Å²) >= 11 is 1.47. The molecule has 3 aromatic rings. The molecule has 1 aliphatic heterocycles. The van der Waals surface area contributed by atoms with Crippen LogP contribution in [-0.4, -0.2) is 61.7 Å². The molecule has 1 amide bonds. The van der Waals surface area contributed by atoms with E-state index in [1.54, 1.807) is 25.1 Å². The van der Waals surface area contributed by atoms with E-state index in [0.717, 1.165) is 4.88 Å². The van der Waals surface area contributed by atoms with Crippen molar-refractivity contribution in [3.8, 4) is 10.8 Å². The molecule has 0 bridgehead atoms. The number of aromatic nitrogens is 1. The maximum atomic E-state index is 13.0. The van der Waals surface area contributed by atoms with Gasteiger partial charge in [-0.25, -0.2) is 13.4 Å². The highest BCUT2D eigenvalue weighted by molar-refractivity contribution is 7.89. The first-order valence-electron chi connectivity index (χ1n) is 9.46. The number of nitrogens with zero attached hydrogens (tertiary/aromatic N) is 3. The van der Waals surface area contributed by atoms with Crippen molar-refractivity contribution in [2.75, 3.05) is 38.5 Å². The van der Waals surface area contributed by atoms with Gasteiger partial charge in [0.25, 0.3) is 5.91 Å². The van der Waals surface area contributed by atoms with E-state index in [2.05, 4.69) is 15.2 Å². The van der Waals surface area contributed by atoms with Gasteiger partial charge in [-0.15, -0.1) is 11.3 Å². The van der Waals surface area contributed by atoms with Crippen LogP contribution in [0.15, 0.2) is 51.1 Å². The molecule has 1 aromatic carbocycles. The fourth-order valence-electron chi connectivity index (χ4n) is 3.21. The third-order valence-corrected chi connectivity index (χ3v) is 7.69. The predicted molar refractivity (Wildman–Crippen MR) is 115 cm³/mol. The van der Waals surface area contributed by atoms with Crippen LogP contribution in [0.2, 0.25) is 0 Å². The summed E-state index contributed by atoms with van der Waals surface area (Å²) in [6.45, 7) is 3.94. The van der Waals surface area contributed by atoms with Gasteiger partial charge in [-0.3, -0.25) is 4.79 Å². The van der Waals surface area contributed by atoms with Crippen molar-refractivity contribution in [1.29, 1.82) is 0 Å². The number of nitrogens with one attached hydrogen (secondary N) is 1. The fourth-order valence-corrected chi connectivity index (χ4v) is 5.33. The van der Waals surface area contributed by atoms with Gasteiger partial charge in [0.1, 0.15) is 5.76 Å². The molecule has 30 heavy (non-hydrogen) atoms. The van der Waals surface area contributed by atoms with Gasteiger partial charge >= 0.3 is 0 Å². The molecular formula is C20H22N4O4S2. The fraction of sp³-hybridized carbons (Fsp3) is 0.300. The van der Waals surface area contributed by atoms with Crippen LogP contribution >= 0.6 is 11.3 Å². The Morgan fingerprint density at radius 2 is 1.93 bits per heavy atom. The quantitative estimate of drug-likeness (QED) is 0.647. The number of anilines is 1. The number of benzene rings is 1. The topological polar surface area (TPSA) is 95.8 Å². The van der Waals surface area contributed by atoms with Crippen LogP contribution < -0.4 is 5.32 Å². The van der Waals surface area contributed by atoms with E-state index >= 15 is 0 Å². The van der Waals surface area contributed by atoms with E-state index in [-0.39, 0.29) is 10.6 Å². The number of rotatable bonds is 5. The summed E-state index contributed by atoms with van der Waals surface area (Å²) in [5, 5.41) is 4.63. The molecule has 0 aliphatic carbocycles. The number of thiophene rings is 1. The number of piperazine rings is 1. The average molecular weight is 447 g/mol. The Morgan fingerprint density at radius 1 is 1.17 bits per heavy atom.